The molecule has 0 fully saturated rings. The summed E-state index contributed by atoms with van der Waals surface area (Å²) in [5, 5.41) is 6.89. The van der Waals surface area contributed by atoms with E-state index in [-0.39, 0.29) is 69.7 Å². The van der Waals surface area contributed by atoms with Crippen LogP contribution in [-0.4, -0.2) is 11.6 Å². The van der Waals surface area contributed by atoms with Gasteiger partial charge in [0.05, 0.1) is 0 Å². The Labute approximate surface area is 187 Å². The molecule has 0 aromatic heterocycles. The molecule has 0 bridgehead atoms. The van der Waals surface area contributed by atoms with E-state index < -0.39 is 31.3 Å². The fraction of sp³-hybridized carbons (Fsp3) is 0. The van der Waals surface area contributed by atoms with E-state index in [9.17, 15) is 0 Å². The van der Waals surface area contributed by atoms with Gasteiger partial charge in [-0.25, -0.2) is 0 Å². The molecule has 0 aliphatic rings. The molecule has 0 amide bonds. The summed E-state index contributed by atoms with van der Waals surface area (Å²) in [6.07, 6.45) is 0. The Morgan fingerprint density at radius 1 is 0.462 bits per heavy atom. The van der Waals surface area contributed by atoms with Gasteiger partial charge in [0, 0.05) is 63.2 Å². The third-order valence-electron chi connectivity index (χ3n) is 0. The van der Waals surface area contributed by atoms with Crippen molar-refractivity contribution in [3.63, 3.8) is 0 Å². The van der Waals surface area contributed by atoms with E-state index >= 15 is 0 Å². The summed E-state index contributed by atoms with van der Waals surface area (Å²) in [4.78, 5) is 111. The van der Waals surface area contributed by atoms with Crippen molar-refractivity contribution in [3.05, 3.63) is 0 Å². The third kappa shape index (κ3) is 4150. The van der Waals surface area contributed by atoms with Crippen molar-refractivity contribution in [1.29, 1.82) is 0 Å². The molecular weight excluding hydrogens is 975 g/mol. The Balaban J connectivity index is -0.0000000255. The van der Waals surface area contributed by atoms with Crippen molar-refractivity contribution >= 4 is 37.8 Å². The van der Waals surface area contributed by atoms with Crippen LogP contribution in [0.25, 0.3) is 0 Å². The molecular formula is CH2O18P4W3-12. The Morgan fingerprint density at radius 3 is 0.462 bits per heavy atom. The monoisotopic (exact) mass is 978 g/mol. The molecule has 25 heteroatoms. The van der Waals surface area contributed by atoms with Crippen molar-refractivity contribution in [2.45, 2.75) is 0 Å². The molecule has 0 atom stereocenters. The number of carboxylic acid groups (broad SMARTS) is 1. The summed E-state index contributed by atoms with van der Waals surface area (Å²) < 4.78 is 34.2. The number of phosphoric acid groups is 4. The van der Waals surface area contributed by atoms with Crippen LogP contribution in [0.4, 0.5) is 0 Å². The molecule has 26 heavy (non-hydrogen) atoms. The van der Waals surface area contributed by atoms with Gasteiger partial charge in [-0.1, -0.05) is 0 Å². The van der Waals surface area contributed by atoms with Crippen LogP contribution in [0.3, 0.4) is 0 Å². The second kappa shape index (κ2) is 25.0. The Kier molecular flexibility index (Phi) is 49.1. The Hall–Kier alpha value is 1.97. The van der Waals surface area contributed by atoms with E-state index in [0.29, 0.717) is 0 Å². The van der Waals surface area contributed by atoms with Gasteiger partial charge in [-0.2, -0.15) is 31.3 Å². The van der Waals surface area contributed by atoms with E-state index in [0.717, 1.165) is 0 Å². The maximum Gasteiger partial charge on any atom is 0.290 e. The van der Waals surface area contributed by atoms with Crippen LogP contribution >= 0.6 is 31.3 Å². The van der Waals surface area contributed by atoms with Crippen molar-refractivity contribution in [2.75, 3.05) is 0 Å². The van der Waals surface area contributed by atoms with Crippen molar-refractivity contribution in [1.82, 2.24) is 0 Å². The zero-order valence-corrected chi connectivity index (χ0v) is 23.4. The van der Waals surface area contributed by atoms with Gasteiger partial charge >= 0.3 is 0 Å². The van der Waals surface area contributed by atoms with Crippen molar-refractivity contribution in [3.8, 4) is 0 Å². The van der Waals surface area contributed by atoms with Gasteiger partial charge in [-0.3, -0.25) is 4.79 Å². The molecule has 0 radical (unpaired) electrons. The van der Waals surface area contributed by atoms with Crippen LogP contribution in [0.1, 0.15) is 0 Å². The topological polar surface area (TPSA) is 382 Å². The quantitative estimate of drug-likeness (QED) is 0.174. The van der Waals surface area contributed by atoms with Gasteiger partial charge in [-0.05, 0) is 0 Å². The van der Waals surface area contributed by atoms with Gasteiger partial charge in [0.25, 0.3) is 6.47 Å². The van der Waals surface area contributed by atoms with Gasteiger partial charge in [0.1, 0.15) is 0 Å². The van der Waals surface area contributed by atoms with Crippen LogP contribution in [0.5, 0.6) is 0 Å². The first-order valence-electron chi connectivity index (χ1n) is 3.42. The fourth-order valence-corrected chi connectivity index (χ4v) is 0. The maximum absolute atomic E-state index is 8.55. The van der Waals surface area contributed by atoms with E-state index in [1.807, 2.05) is 0 Å². The van der Waals surface area contributed by atoms with E-state index in [1.54, 1.807) is 0 Å². The zero-order chi connectivity index (χ0) is 20.7. The van der Waals surface area contributed by atoms with Gasteiger partial charge < -0.3 is 82.1 Å². The molecule has 0 heterocycles. The summed E-state index contributed by atoms with van der Waals surface area (Å²) in [7, 11) is -21.6. The Morgan fingerprint density at radius 2 is 0.462 bits per heavy atom. The molecule has 0 aromatic rings. The third-order valence-corrected chi connectivity index (χ3v) is 0. The SMILES string of the molecule is O=CO.O=P([O-])([O-])[O-].O=P([O-])([O-])[O-].O=P([O-])([O-])[O-].O=P([O-])([O-])[O-].[W].[W].[W]. The average molecular weight is 977 g/mol. The minimum atomic E-state index is -5.39. The smallest absolute Gasteiger partial charge is 0.290 e. The Bertz CT molecular complexity index is 338. The second-order valence-electron chi connectivity index (χ2n) is 1.89. The van der Waals surface area contributed by atoms with Crippen molar-refractivity contribution in [2.24, 2.45) is 0 Å². The first-order chi connectivity index (χ1) is 9.41. The number of hydrogen-bond acceptors (Lipinski definition) is 17. The molecule has 18 nitrogen and oxygen atoms in total. The largest absolute Gasteiger partial charge is 0.822 e. The standard InChI is InChI=1S/CH2O2.4H3O4P.3W/c2-1-3;4*1-5(2,3)4;;;/h1H,(H,2,3);4*(H3,1,2,3,4);;;/p-12. The van der Waals surface area contributed by atoms with E-state index in [1.165, 1.54) is 0 Å². The summed E-state index contributed by atoms with van der Waals surface area (Å²) in [6, 6.07) is 0. The predicted molar refractivity (Wildman–Crippen MR) is 39.1 cm³/mol. The molecule has 0 saturated heterocycles. The molecule has 0 unspecified atom stereocenters. The van der Waals surface area contributed by atoms with Crippen LogP contribution in [0.15, 0.2) is 0 Å². The summed E-state index contributed by atoms with van der Waals surface area (Å²) >= 11 is 0. The summed E-state index contributed by atoms with van der Waals surface area (Å²) in [6.45, 7) is -0.250. The number of carbonyl (C=O) groups is 1. The number of hydrogen-bond donors (Lipinski definition) is 1. The molecule has 0 aliphatic heterocycles. The number of rotatable bonds is 0. The fourth-order valence-electron chi connectivity index (χ4n) is 0. The minimum absolute atomic E-state index is 0. The van der Waals surface area contributed by atoms with Crippen molar-refractivity contribution < 1.29 is 150 Å². The molecule has 0 aromatic carbocycles. The molecule has 0 spiro atoms. The minimum Gasteiger partial charge on any atom is -0.822 e. The molecule has 0 aliphatic carbocycles. The van der Waals surface area contributed by atoms with Crippen LogP contribution in [-0.2, 0) is 86.3 Å². The second-order valence-corrected chi connectivity index (χ2v) is 5.47. The predicted octanol–water partition coefficient (Wildman–Crippen LogP) is -11.6. The summed E-state index contributed by atoms with van der Waals surface area (Å²) in [5.41, 5.74) is 0. The first kappa shape index (κ1) is 51.0. The van der Waals surface area contributed by atoms with E-state index in [2.05, 4.69) is 0 Å². The first-order valence-corrected chi connectivity index (χ1v) is 9.26. The molecule has 0 rings (SSSR count). The van der Waals surface area contributed by atoms with Crippen LogP contribution in [0, 0.1) is 0 Å². The average Bonchev–Trinajstić information content (AvgIpc) is 1.87. The summed E-state index contributed by atoms with van der Waals surface area (Å²) in [5.74, 6) is 0. The maximum atomic E-state index is 8.55. The van der Waals surface area contributed by atoms with Gasteiger partial charge in [-0.15, -0.1) is 0 Å². The molecule has 164 valence electrons. The molecule has 0 saturated carbocycles. The van der Waals surface area contributed by atoms with E-state index in [4.69, 9.17) is 86.9 Å². The zero-order valence-electron chi connectivity index (χ0n) is 11.0. The van der Waals surface area contributed by atoms with Crippen LogP contribution in [0.2, 0.25) is 0 Å². The normalized spacial score (nSPS) is 9.54. The van der Waals surface area contributed by atoms with Crippen LogP contribution < -0.4 is 58.7 Å². The molecule has 1 N–H and O–H groups in total. The van der Waals surface area contributed by atoms with Gasteiger partial charge in [0.2, 0.25) is 0 Å². The van der Waals surface area contributed by atoms with Gasteiger partial charge in [0.15, 0.2) is 0 Å².